The van der Waals surface area contributed by atoms with Crippen molar-refractivity contribution in [1.29, 1.82) is 0 Å². The lowest BCUT2D eigenvalue weighted by molar-refractivity contribution is 0.0946. The van der Waals surface area contributed by atoms with Gasteiger partial charge in [0.15, 0.2) is 8.32 Å². The number of hydrogen-bond acceptors (Lipinski definition) is 5. The topological polar surface area (TPSA) is 95.6 Å². The van der Waals surface area contributed by atoms with Gasteiger partial charge in [0.25, 0.3) is 5.91 Å². The molecule has 5 aromatic rings. The highest BCUT2D eigenvalue weighted by Gasteiger charge is 2.39. The van der Waals surface area contributed by atoms with Gasteiger partial charge in [-0.2, -0.15) is 0 Å². The number of aryl methyl sites for hydroxylation is 1. The normalized spacial score (nSPS) is 13.3. The molecule has 1 amide bonds. The van der Waals surface area contributed by atoms with Gasteiger partial charge < -0.3 is 29.9 Å². The maximum absolute atomic E-state index is 13.0. The molecule has 5 rings (SSSR count). The Hall–Kier alpha value is -4.21. The molecule has 0 saturated carbocycles. The molecule has 7 nitrogen and oxygen atoms in total. The van der Waals surface area contributed by atoms with Crippen molar-refractivity contribution < 1.29 is 19.1 Å². The Bertz CT molecular complexity index is 1880. The second-order valence-electron chi connectivity index (χ2n) is 15.2. The van der Waals surface area contributed by atoms with Crippen LogP contribution in [0, 0.1) is 6.92 Å². The number of aromatic nitrogens is 1. The second kappa shape index (κ2) is 16.9. The van der Waals surface area contributed by atoms with E-state index < -0.39 is 8.32 Å². The lowest BCUT2D eigenvalue weighted by Gasteiger charge is -2.40. The number of benzene rings is 4. The summed E-state index contributed by atoms with van der Waals surface area (Å²) >= 11 is 0. The van der Waals surface area contributed by atoms with Crippen molar-refractivity contribution in [2.75, 3.05) is 6.54 Å². The molecule has 1 aromatic heterocycles. The van der Waals surface area contributed by atoms with Crippen LogP contribution in [-0.2, 0) is 30.6 Å². The Morgan fingerprint density at radius 2 is 1.63 bits per heavy atom. The van der Waals surface area contributed by atoms with Crippen LogP contribution < -0.4 is 15.4 Å². The van der Waals surface area contributed by atoms with Gasteiger partial charge in [0, 0.05) is 35.6 Å². The van der Waals surface area contributed by atoms with Gasteiger partial charge in [0.1, 0.15) is 18.1 Å². The summed E-state index contributed by atoms with van der Waals surface area (Å²) < 4.78 is 13.2. The summed E-state index contributed by atoms with van der Waals surface area (Å²) in [4.78, 5) is 16.2. The Kier molecular flexibility index (Phi) is 12.6. The number of hydrogen-bond donors (Lipinski definition) is 4. The molecule has 0 aliphatic carbocycles. The van der Waals surface area contributed by atoms with Crippen molar-refractivity contribution in [2.24, 2.45) is 0 Å². The third-order valence-corrected chi connectivity index (χ3v) is 14.7. The SMILES string of the molecule is CC[C@H](Cc1ccc2[nH]c(C(=O)NCc3ccc(C)cc3)cc2c1)NC[C@H](O[Si](C)(C)C(C)(C)C)c1ccc(OCc2ccccc2)c(CO)c1. The van der Waals surface area contributed by atoms with Crippen LogP contribution in [0.5, 0.6) is 5.75 Å². The fraction of sp³-hybridized carbons (Fsp3) is 0.372. The van der Waals surface area contributed by atoms with Gasteiger partial charge in [0.05, 0.1) is 12.7 Å². The zero-order valence-corrected chi connectivity index (χ0v) is 32.3. The summed E-state index contributed by atoms with van der Waals surface area (Å²) in [7, 11) is -2.14. The van der Waals surface area contributed by atoms with Gasteiger partial charge in [-0.1, -0.05) is 100.0 Å². The van der Waals surface area contributed by atoms with Crippen molar-refractivity contribution >= 4 is 25.1 Å². The van der Waals surface area contributed by atoms with Crippen molar-refractivity contribution in [2.45, 2.75) is 97.5 Å². The first kappa shape index (κ1) is 38.0. The van der Waals surface area contributed by atoms with E-state index in [2.05, 4.69) is 99.7 Å². The number of H-pyrrole nitrogens is 1. The molecule has 0 bridgehead atoms. The van der Waals surface area contributed by atoms with Gasteiger partial charge in [-0.15, -0.1) is 0 Å². The fourth-order valence-corrected chi connectivity index (χ4v) is 7.18. The largest absolute Gasteiger partial charge is 0.489 e. The highest BCUT2D eigenvalue weighted by Crippen LogP contribution is 2.40. The Morgan fingerprint density at radius 3 is 2.31 bits per heavy atom. The van der Waals surface area contributed by atoms with Crippen LogP contribution in [0.3, 0.4) is 0 Å². The zero-order valence-electron chi connectivity index (χ0n) is 31.3. The highest BCUT2D eigenvalue weighted by molar-refractivity contribution is 6.74. The van der Waals surface area contributed by atoms with Crippen LogP contribution >= 0.6 is 0 Å². The molecule has 0 saturated heterocycles. The van der Waals surface area contributed by atoms with E-state index in [1.165, 1.54) is 11.1 Å². The molecular weight excluding hydrogens is 651 g/mol. The number of carbonyl (C=O) groups is 1. The van der Waals surface area contributed by atoms with Gasteiger partial charge >= 0.3 is 0 Å². The first-order valence-electron chi connectivity index (χ1n) is 18.1. The summed E-state index contributed by atoms with van der Waals surface area (Å²) in [6.45, 7) is 17.0. The summed E-state index contributed by atoms with van der Waals surface area (Å²) in [5.74, 6) is 0.567. The number of fused-ring (bicyclic) bond motifs is 1. The van der Waals surface area contributed by atoms with Crippen LogP contribution in [0.4, 0.5) is 0 Å². The van der Waals surface area contributed by atoms with E-state index in [9.17, 15) is 9.90 Å². The maximum atomic E-state index is 13.0. The van der Waals surface area contributed by atoms with Crippen molar-refractivity contribution in [3.05, 3.63) is 136 Å². The van der Waals surface area contributed by atoms with E-state index in [1.807, 2.05) is 60.7 Å². The van der Waals surface area contributed by atoms with Gasteiger partial charge in [-0.25, -0.2) is 0 Å². The number of aliphatic hydroxyl groups excluding tert-OH is 1. The third-order valence-electron chi connectivity index (χ3n) is 10.2. The summed E-state index contributed by atoms with van der Waals surface area (Å²) in [6.07, 6.45) is 1.59. The van der Waals surface area contributed by atoms with E-state index >= 15 is 0 Å². The Balaban J connectivity index is 1.27. The molecule has 270 valence electrons. The number of aliphatic hydroxyl groups is 1. The fourth-order valence-electron chi connectivity index (χ4n) is 5.89. The molecule has 0 spiro atoms. The minimum Gasteiger partial charge on any atom is -0.489 e. The predicted molar refractivity (Wildman–Crippen MR) is 211 cm³/mol. The van der Waals surface area contributed by atoms with E-state index in [1.54, 1.807) is 0 Å². The van der Waals surface area contributed by atoms with E-state index in [-0.39, 0.29) is 29.7 Å². The first-order valence-corrected chi connectivity index (χ1v) is 21.0. The molecule has 8 heteroatoms. The van der Waals surface area contributed by atoms with E-state index in [0.717, 1.165) is 46.0 Å². The van der Waals surface area contributed by atoms with Crippen molar-refractivity contribution in [1.82, 2.24) is 15.6 Å². The van der Waals surface area contributed by atoms with Gasteiger partial charge in [-0.05, 0) is 90.5 Å². The number of ether oxygens (including phenoxy) is 1. The molecule has 2 atom stereocenters. The average molecular weight is 706 g/mol. The third kappa shape index (κ3) is 10.2. The number of carbonyl (C=O) groups excluding carboxylic acids is 1. The van der Waals surface area contributed by atoms with Gasteiger partial charge in [-0.3, -0.25) is 4.79 Å². The second-order valence-corrected chi connectivity index (χ2v) is 19.9. The lowest BCUT2D eigenvalue weighted by Crippen LogP contribution is -2.44. The molecule has 4 N–H and O–H groups in total. The summed E-state index contributed by atoms with van der Waals surface area (Å²) in [5.41, 5.74) is 7.83. The van der Waals surface area contributed by atoms with Gasteiger partial charge in [0.2, 0.25) is 0 Å². The van der Waals surface area contributed by atoms with Crippen LogP contribution in [-0.4, -0.2) is 36.9 Å². The Morgan fingerprint density at radius 1 is 0.902 bits per heavy atom. The molecule has 0 unspecified atom stereocenters. The van der Waals surface area contributed by atoms with Crippen LogP contribution in [0.2, 0.25) is 18.1 Å². The number of rotatable bonds is 16. The number of nitrogens with one attached hydrogen (secondary N) is 3. The summed E-state index contributed by atoms with van der Waals surface area (Å²) in [5, 5.41) is 18.3. The molecule has 1 heterocycles. The highest BCUT2D eigenvalue weighted by atomic mass is 28.4. The van der Waals surface area contributed by atoms with Crippen LogP contribution in [0.15, 0.2) is 97.1 Å². The number of amides is 1. The monoisotopic (exact) mass is 705 g/mol. The molecule has 0 aliphatic heterocycles. The minimum atomic E-state index is -2.14. The van der Waals surface area contributed by atoms with Crippen molar-refractivity contribution in [3.63, 3.8) is 0 Å². The quantitative estimate of drug-likeness (QED) is 0.0769. The van der Waals surface area contributed by atoms with E-state index in [0.29, 0.717) is 31.1 Å². The maximum Gasteiger partial charge on any atom is 0.267 e. The Labute approximate surface area is 304 Å². The van der Waals surface area contributed by atoms with Crippen LogP contribution in [0.1, 0.15) is 84.1 Å². The molecule has 0 radical (unpaired) electrons. The first-order chi connectivity index (χ1) is 24.3. The molecule has 4 aromatic carbocycles. The van der Waals surface area contributed by atoms with Crippen molar-refractivity contribution in [3.8, 4) is 5.75 Å². The smallest absolute Gasteiger partial charge is 0.267 e. The molecule has 0 fully saturated rings. The summed E-state index contributed by atoms with van der Waals surface area (Å²) in [6, 6.07) is 32.9. The lowest BCUT2D eigenvalue weighted by atomic mass is 10.0. The number of aromatic amines is 1. The standard InChI is InChI=1S/C43H55N3O4Si/c1-8-37(23-33-18-20-38-35(22-33)25-39(46-38)42(48)45-26-31-16-14-30(2)15-17-31)44-27-41(50-51(6,7)43(3,4)5)34-19-21-40(36(24-34)28-47)49-29-32-12-10-9-11-13-32/h9-22,24-25,37,41,44,46-47H,8,23,26-29H2,1-7H3,(H,45,48)/t37-,41+/m1/s1. The molecular formula is C43H55N3O4Si. The zero-order chi connectivity index (χ0) is 36.6. The van der Waals surface area contributed by atoms with Crippen LogP contribution in [0.25, 0.3) is 10.9 Å². The average Bonchev–Trinajstić information content (AvgIpc) is 3.55. The predicted octanol–water partition coefficient (Wildman–Crippen LogP) is 9.15. The molecule has 51 heavy (non-hydrogen) atoms. The minimum absolute atomic E-state index is 0.0380. The van der Waals surface area contributed by atoms with E-state index in [4.69, 9.17) is 9.16 Å². The molecule has 0 aliphatic rings.